The summed E-state index contributed by atoms with van der Waals surface area (Å²) in [5.74, 6) is 0.200. The Bertz CT molecular complexity index is 541. The molecule has 2 aliphatic rings. The van der Waals surface area contributed by atoms with Crippen molar-refractivity contribution >= 4 is 18.3 Å². The summed E-state index contributed by atoms with van der Waals surface area (Å²) in [6.07, 6.45) is 5.82. The number of amides is 1. The van der Waals surface area contributed by atoms with Crippen LogP contribution in [0.1, 0.15) is 43.2 Å². The third-order valence-electron chi connectivity index (χ3n) is 4.93. The van der Waals surface area contributed by atoms with Gasteiger partial charge in [-0.3, -0.25) is 4.79 Å². The number of aliphatic hydroxyl groups excluding tert-OH is 1. The lowest BCUT2D eigenvalue weighted by molar-refractivity contribution is -0.123. The van der Waals surface area contributed by atoms with E-state index in [0.717, 1.165) is 6.42 Å². The van der Waals surface area contributed by atoms with E-state index in [9.17, 15) is 9.18 Å². The lowest BCUT2D eigenvalue weighted by atomic mass is 9.85. The van der Waals surface area contributed by atoms with E-state index in [1.54, 1.807) is 12.1 Å². The molecule has 1 aromatic carbocycles. The van der Waals surface area contributed by atoms with Gasteiger partial charge in [-0.05, 0) is 36.8 Å². The van der Waals surface area contributed by atoms with E-state index in [1.807, 2.05) is 0 Å². The Morgan fingerprint density at radius 1 is 1.35 bits per heavy atom. The molecule has 128 valence electrons. The highest BCUT2D eigenvalue weighted by Gasteiger charge is 2.37. The Balaban J connectivity index is 0.00000192. The van der Waals surface area contributed by atoms with Crippen LogP contribution in [0.15, 0.2) is 18.2 Å². The van der Waals surface area contributed by atoms with E-state index in [0.29, 0.717) is 24.1 Å². The normalized spacial score (nSPS) is 26.3. The monoisotopic (exact) mass is 342 g/mol. The van der Waals surface area contributed by atoms with E-state index < -0.39 is 5.82 Å². The molecule has 3 rings (SSSR count). The first-order valence-electron chi connectivity index (χ1n) is 8.09. The van der Waals surface area contributed by atoms with Gasteiger partial charge in [0.15, 0.2) is 0 Å². The van der Waals surface area contributed by atoms with Gasteiger partial charge in [0.25, 0.3) is 0 Å². The van der Waals surface area contributed by atoms with Crippen LogP contribution >= 0.6 is 12.4 Å². The second kappa shape index (κ2) is 8.08. The summed E-state index contributed by atoms with van der Waals surface area (Å²) in [6.45, 7) is 0.00220. The molecule has 1 amide bonds. The van der Waals surface area contributed by atoms with Crippen molar-refractivity contribution in [2.45, 2.75) is 57.3 Å². The summed E-state index contributed by atoms with van der Waals surface area (Å²) in [5.41, 5.74) is 0.982. The number of hydrogen-bond donors (Lipinski definition) is 3. The number of aliphatic hydroxyl groups is 1. The molecule has 0 aromatic heterocycles. The fourth-order valence-electron chi connectivity index (χ4n) is 3.66. The number of carbonyl (C=O) groups excluding carboxylic acids is 1. The zero-order chi connectivity index (χ0) is 15.5. The van der Waals surface area contributed by atoms with Gasteiger partial charge < -0.3 is 15.7 Å². The maximum atomic E-state index is 13.6. The van der Waals surface area contributed by atoms with Crippen LogP contribution < -0.4 is 10.6 Å². The van der Waals surface area contributed by atoms with Crippen LogP contribution in [0.25, 0.3) is 0 Å². The van der Waals surface area contributed by atoms with Gasteiger partial charge in [-0.2, -0.15) is 0 Å². The summed E-state index contributed by atoms with van der Waals surface area (Å²) in [7, 11) is 0. The summed E-state index contributed by atoms with van der Waals surface area (Å²) in [4.78, 5) is 12.3. The molecule has 0 radical (unpaired) electrons. The lowest BCUT2D eigenvalue weighted by Gasteiger charge is -2.24. The minimum atomic E-state index is -0.431. The van der Waals surface area contributed by atoms with Gasteiger partial charge in [0.05, 0.1) is 12.6 Å². The number of benzene rings is 1. The number of carbonyl (C=O) groups is 1. The minimum Gasteiger partial charge on any atom is -0.392 e. The molecule has 1 heterocycles. The first-order chi connectivity index (χ1) is 10.7. The van der Waals surface area contributed by atoms with E-state index >= 15 is 0 Å². The van der Waals surface area contributed by atoms with Gasteiger partial charge in [0, 0.05) is 18.2 Å². The fraction of sp³-hybridized carbons (Fsp3) is 0.588. The number of fused-ring (bicyclic) bond motifs is 1. The summed E-state index contributed by atoms with van der Waals surface area (Å²) in [5, 5.41) is 15.3. The Morgan fingerprint density at radius 3 is 2.83 bits per heavy atom. The quantitative estimate of drug-likeness (QED) is 0.786. The highest BCUT2D eigenvalue weighted by molar-refractivity contribution is 5.85. The van der Waals surface area contributed by atoms with Crippen molar-refractivity contribution in [3.05, 3.63) is 35.1 Å². The topological polar surface area (TPSA) is 61.4 Å². The van der Waals surface area contributed by atoms with Crippen molar-refractivity contribution in [3.63, 3.8) is 0 Å². The molecule has 1 aliphatic heterocycles. The zero-order valence-corrected chi connectivity index (χ0v) is 13.9. The number of hydrogen-bond acceptors (Lipinski definition) is 3. The van der Waals surface area contributed by atoms with Crippen molar-refractivity contribution in [1.29, 1.82) is 0 Å². The van der Waals surface area contributed by atoms with Crippen molar-refractivity contribution < 1.29 is 14.3 Å². The van der Waals surface area contributed by atoms with Gasteiger partial charge in [-0.25, -0.2) is 4.39 Å². The van der Waals surface area contributed by atoms with Gasteiger partial charge in [-0.1, -0.05) is 25.0 Å². The van der Waals surface area contributed by atoms with Gasteiger partial charge in [0.1, 0.15) is 5.82 Å². The van der Waals surface area contributed by atoms with E-state index in [1.165, 1.54) is 31.7 Å². The molecule has 1 saturated carbocycles. The summed E-state index contributed by atoms with van der Waals surface area (Å²) in [6, 6.07) is 5.03. The van der Waals surface area contributed by atoms with Gasteiger partial charge >= 0.3 is 0 Å². The Hall–Kier alpha value is -1.17. The molecule has 2 fully saturated rings. The standard InChI is InChI=1S/C17H23FN2O2.ClH/c18-14-7-11(5-6-13(14)10-21)9-19-17(22)16-8-12-3-1-2-4-15(12)20-16;/h5-7,12,15-16,20-21H,1-4,8-10H2,(H,19,22);1H. The maximum Gasteiger partial charge on any atom is 0.237 e. The summed E-state index contributed by atoms with van der Waals surface area (Å²) < 4.78 is 13.6. The van der Waals surface area contributed by atoms with Crippen LogP contribution in [0, 0.1) is 11.7 Å². The highest BCUT2D eigenvalue weighted by Crippen LogP contribution is 2.33. The molecule has 1 aromatic rings. The van der Waals surface area contributed by atoms with E-state index in [4.69, 9.17) is 5.11 Å². The van der Waals surface area contributed by atoms with E-state index in [2.05, 4.69) is 10.6 Å². The molecule has 6 heteroatoms. The molecule has 0 spiro atoms. The Kier molecular flexibility index (Phi) is 6.39. The minimum absolute atomic E-state index is 0. The van der Waals surface area contributed by atoms with Crippen molar-refractivity contribution in [1.82, 2.24) is 10.6 Å². The zero-order valence-electron chi connectivity index (χ0n) is 13.1. The van der Waals surface area contributed by atoms with Crippen LogP contribution in [0.5, 0.6) is 0 Å². The first kappa shape index (κ1) is 18.2. The largest absolute Gasteiger partial charge is 0.392 e. The second-order valence-electron chi connectivity index (χ2n) is 6.41. The molecular formula is C17H24ClFN2O2. The Morgan fingerprint density at radius 2 is 2.13 bits per heavy atom. The lowest BCUT2D eigenvalue weighted by Crippen LogP contribution is -2.42. The molecule has 0 bridgehead atoms. The van der Waals surface area contributed by atoms with Crippen LogP contribution in [-0.2, 0) is 17.9 Å². The maximum absolute atomic E-state index is 13.6. The van der Waals surface area contributed by atoms with Gasteiger partial charge in [-0.15, -0.1) is 12.4 Å². The van der Waals surface area contributed by atoms with Crippen LogP contribution in [-0.4, -0.2) is 23.1 Å². The molecule has 1 aliphatic carbocycles. The molecule has 1 saturated heterocycles. The van der Waals surface area contributed by atoms with Crippen molar-refractivity contribution in [2.75, 3.05) is 0 Å². The third-order valence-corrected chi connectivity index (χ3v) is 4.93. The highest BCUT2D eigenvalue weighted by atomic mass is 35.5. The SMILES string of the molecule is Cl.O=C(NCc1ccc(CO)c(F)c1)C1CC2CCCCC2N1. The van der Waals surface area contributed by atoms with Crippen molar-refractivity contribution in [2.24, 2.45) is 5.92 Å². The van der Waals surface area contributed by atoms with Crippen LogP contribution in [0.2, 0.25) is 0 Å². The number of nitrogens with one attached hydrogen (secondary N) is 2. The third kappa shape index (κ3) is 4.22. The van der Waals surface area contributed by atoms with E-state index in [-0.39, 0.29) is 36.5 Å². The average molecular weight is 343 g/mol. The molecule has 3 atom stereocenters. The summed E-state index contributed by atoms with van der Waals surface area (Å²) >= 11 is 0. The fourth-order valence-corrected chi connectivity index (χ4v) is 3.66. The molecule has 3 unspecified atom stereocenters. The van der Waals surface area contributed by atoms with Crippen LogP contribution in [0.4, 0.5) is 4.39 Å². The smallest absolute Gasteiger partial charge is 0.237 e. The van der Waals surface area contributed by atoms with Gasteiger partial charge in [0.2, 0.25) is 5.91 Å². The average Bonchev–Trinajstić information content (AvgIpc) is 2.97. The molecule has 4 nitrogen and oxygen atoms in total. The predicted molar refractivity (Wildman–Crippen MR) is 88.7 cm³/mol. The molecule has 3 N–H and O–H groups in total. The predicted octanol–water partition coefficient (Wildman–Crippen LogP) is 2.28. The van der Waals surface area contributed by atoms with Crippen molar-refractivity contribution in [3.8, 4) is 0 Å². The molecular weight excluding hydrogens is 319 g/mol. The molecule has 23 heavy (non-hydrogen) atoms. The number of halogens is 2. The first-order valence-corrected chi connectivity index (χ1v) is 8.09. The Labute approximate surface area is 142 Å². The van der Waals surface area contributed by atoms with Crippen LogP contribution in [0.3, 0.4) is 0 Å². The second-order valence-corrected chi connectivity index (χ2v) is 6.41. The number of rotatable bonds is 4.